The van der Waals surface area contributed by atoms with Crippen LogP contribution in [0.25, 0.3) is 0 Å². The first-order valence-electron chi connectivity index (χ1n) is 5.13. The lowest BCUT2D eigenvalue weighted by Gasteiger charge is -2.29. The van der Waals surface area contributed by atoms with Gasteiger partial charge in [0.25, 0.3) is 5.91 Å². The van der Waals surface area contributed by atoms with Gasteiger partial charge in [-0.1, -0.05) is 15.9 Å². The Hall–Kier alpha value is -0.0900. The molecule has 1 saturated heterocycles. The molecule has 82 valence electrons. The van der Waals surface area contributed by atoms with Crippen LogP contribution in [0.2, 0.25) is 0 Å². The summed E-state index contributed by atoms with van der Waals surface area (Å²) in [4.78, 5) is 13.9. The summed E-state index contributed by atoms with van der Waals surface area (Å²) < 4.78 is 5.52. The Morgan fingerprint density at radius 1 is 1.64 bits per heavy atom. The maximum absolute atomic E-state index is 12.1. The number of alkyl halides is 1. The molecule has 0 aromatic carbocycles. The maximum Gasteiger partial charge on any atom is 0.254 e. The van der Waals surface area contributed by atoms with Crippen LogP contribution in [-0.4, -0.2) is 41.4 Å². The second-order valence-electron chi connectivity index (χ2n) is 3.76. The summed E-state index contributed by atoms with van der Waals surface area (Å²) in [5.41, 5.74) is -0.557. The minimum Gasteiger partial charge on any atom is -0.365 e. The average molecular weight is 264 g/mol. The molecule has 0 aliphatic carbocycles. The van der Waals surface area contributed by atoms with Crippen molar-refractivity contribution in [3.63, 3.8) is 0 Å². The van der Waals surface area contributed by atoms with Gasteiger partial charge in [0.15, 0.2) is 0 Å². The SMILES string of the molecule is CCN(CCBr)C(=O)C1(C)CCCO1. The second-order valence-corrected chi connectivity index (χ2v) is 4.55. The highest BCUT2D eigenvalue weighted by molar-refractivity contribution is 9.09. The van der Waals surface area contributed by atoms with Crippen molar-refractivity contribution in [1.29, 1.82) is 0 Å². The Kier molecular flexibility index (Phi) is 4.38. The van der Waals surface area contributed by atoms with Gasteiger partial charge in [-0.2, -0.15) is 0 Å². The van der Waals surface area contributed by atoms with Gasteiger partial charge in [-0.3, -0.25) is 4.79 Å². The molecule has 1 amide bonds. The van der Waals surface area contributed by atoms with Crippen LogP contribution in [-0.2, 0) is 9.53 Å². The van der Waals surface area contributed by atoms with E-state index in [1.54, 1.807) is 0 Å². The van der Waals surface area contributed by atoms with E-state index in [-0.39, 0.29) is 5.91 Å². The summed E-state index contributed by atoms with van der Waals surface area (Å²) in [5.74, 6) is 0.136. The fourth-order valence-corrected chi connectivity index (χ4v) is 2.22. The van der Waals surface area contributed by atoms with E-state index < -0.39 is 5.60 Å². The van der Waals surface area contributed by atoms with Crippen LogP contribution in [0.3, 0.4) is 0 Å². The number of halogens is 1. The van der Waals surface area contributed by atoms with Crippen molar-refractivity contribution in [2.45, 2.75) is 32.3 Å². The summed E-state index contributed by atoms with van der Waals surface area (Å²) in [6.45, 7) is 6.13. The molecule has 1 atom stereocenters. The topological polar surface area (TPSA) is 29.5 Å². The number of carbonyl (C=O) groups excluding carboxylic acids is 1. The number of nitrogens with zero attached hydrogens (tertiary/aromatic N) is 1. The maximum atomic E-state index is 12.1. The van der Waals surface area contributed by atoms with E-state index in [1.165, 1.54) is 0 Å². The van der Waals surface area contributed by atoms with Crippen molar-refractivity contribution in [3.8, 4) is 0 Å². The molecule has 0 spiro atoms. The molecule has 1 unspecified atom stereocenters. The fourth-order valence-electron chi connectivity index (χ4n) is 1.79. The Morgan fingerprint density at radius 2 is 2.36 bits per heavy atom. The van der Waals surface area contributed by atoms with Gasteiger partial charge in [-0.25, -0.2) is 0 Å². The monoisotopic (exact) mass is 263 g/mol. The molecule has 3 nitrogen and oxygen atoms in total. The van der Waals surface area contributed by atoms with Crippen LogP contribution in [0.4, 0.5) is 0 Å². The summed E-state index contributed by atoms with van der Waals surface area (Å²) in [6.07, 6.45) is 1.85. The highest BCUT2D eigenvalue weighted by Crippen LogP contribution is 2.27. The molecule has 1 aliphatic rings. The number of rotatable bonds is 4. The van der Waals surface area contributed by atoms with Gasteiger partial charge in [-0.05, 0) is 26.7 Å². The Morgan fingerprint density at radius 3 is 2.79 bits per heavy atom. The zero-order valence-corrected chi connectivity index (χ0v) is 10.5. The van der Waals surface area contributed by atoms with E-state index in [0.717, 1.165) is 31.3 Å². The molecular weight excluding hydrogens is 246 g/mol. The third-order valence-electron chi connectivity index (χ3n) is 2.69. The van der Waals surface area contributed by atoms with E-state index >= 15 is 0 Å². The molecule has 14 heavy (non-hydrogen) atoms. The first-order chi connectivity index (χ1) is 6.64. The predicted octanol–water partition coefficient (Wildman–Crippen LogP) is 1.80. The van der Waals surface area contributed by atoms with E-state index in [2.05, 4.69) is 15.9 Å². The zero-order valence-electron chi connectivity index (χ0n) is 8.88. The van der Waals surface area contributed by atoms with Crippen molar-refractivity contribution >= 4 is 21.8 Å². The van der Waals surface area contributed by atoms with E-state index in [1.807, 2.05) is 18.7 Å². The third-order valence-corrected chi connectivity index (χ3v) is 3.05. The lowest BCUT2D eigenvalue weighted by atomic mass is 10.0. The molecule has 0 bridgehead atoms. The highest BCUT2D eigenvalue weighted by atomic mass is 79.9. The highest BCUT2D eigenvalue weighted by Gasteiger charge is 2.39. The van der Waals surface area contributed by atoms with Gasteiger partial charge in [-0.15, -0.1) is 0 Å². The number of hydrogen-bond acceptors (Lipinski definition) is 2. The van der Waals surface area contributed by atoms with Crippen LogP contribution in [0, 0.1) is 0 Å². The Labute approximate surface area is 93.9 Å². The third kappa shape index (κ3) is 2.48. The lowest BCUT2D eigenvalue weighted by molar-refractivity contribution is -0.150. The molecule has 0 radical (unpaired) electrons. The van der Waals surface area contributed by atoms with Gasteiger partial charge in [0, 0.05) is 25.0 Å². The summed E-state index contributed by atoms with van der Waals surface area (Å²) >= 11 is 3.35. The van der Waals surface area contributed by atoms with Crippen LogP contribution in [0.15, 0.2) is 0 Å². The molecule has 4 heteroatoms. The molecular formula is C10H18BrNO2. The second kappa shape index (κ2) is 5.12. The van der Waals surface area contributed by atoms with Crippen molar-refractivity contribution < 1.29 is 9.53 Å². The van der Waals surface area contributed by atoms with Gasteiger partial charge in [0.2, 0.25) is 0 Å². The minimum absolute atomic E-state index is 0.136. The molecule has 1 rings (SSSR count). The molecule has 0 saturated carbocycles. The number of ether oxygens (including phenoxy) is 1. The van der Waals surface area contributed by atoms with E-state index in [0.29, 0.717) is 6.61 Å². The van der Waals surface area contributed by atoms with Gasteiger partial charge in [0.1, 0.15) is 5.60 Å². The fraction of sp³-hybridized carbons (Fsp3) is 0.900. The van der Waals surface area contributed by atoms with Crippen molar-refractivity contribution in [3.05, 3.63) is 0 Å². The summed E-state index contributed by atoms with van der Waals surface area (Å²) in [7, 11) is 0. The van der Waals surface area contributed by atoms with Crippen LogP contribution < -0.4 is 0 Å². The number of likely N-dealkylation sites (N-methyl/N-ethyl adjacent to an activating group) is 1. The molecule has 0 aromatic heterocycles. The van der Waals surface area contributed by atoms with E-state index in [4.69, 9.17) is 4.74 Å². The smallest absolute Gasteiger partial charge is 0.254 e. The largest absolute Gasteiger partial charge is 0.365 e. The molecule has 1 aliphatic heterocycles. The number of amides is 1. The molecule has 1 fully saturated rings. The molecule has 0 N–H and O–H groups in total. The quantitative estimate of drug-likeness (QED) is 0.725. The molecule has 1 heterocycles. The van der Waals surface area contributed by atoms with Crippen molar-refractivity contribution in [2.75, 3.05) is 25.0 Å². The van der Waals surface area contributed by atoms with Crippen molar-refractivity contribution in [1.82, 2.24) is 4.90 Å². The normalized spacial score (nSPS) is 26.5. The van der Waals surface area contributed by atoms with Gasteiger partial charge < -0.3 is 9.64 Å². The van der Waals surface area contributed by atoms with Gasteiger partial charge in [0.05, 0.1) is 0 Å². The molecule has 0 aromatic rings. The summed E-state index contributed by atoms with van der Waals surface area (Å²) in [6, 6.07) is 0. The number of hydrogen-bond donors (Lipinski definition) is 0. The number of carbonyl (C=O) groups is 1. The predicted molar refractivity (Wildman–Crippen MR) is 59.6 cm³/mol. The van der Waals surface area contributed by atoms with E-state index in [9.17, 15) is 4.79 Å². The van der Waals surface area contributed by atoms with Crippen LogP contribution in [0.1, 0.15) is 26.7 Å². The lowest BCUT2D eigenvalue weighted by Crippen LogP contribution is -2.47. The minimum atomic E-state index is -0.557. The zero-order chi connectivity index (χ0) is 10.6. The first kappa shape index (κ1) is 12.0. The first-order valence-corrected chi connectivity index (χ1v) is 6.25. The van der Waals surface area contributed by atoms with Crippen molar-refractivity contribution in [2.24, 2.45) is 0 Å². The van der Waals surface area contributed by atoms with Crippen LogP contribution in [0.5, 0.6) is 0 Å². The Bertz CT molecular complexity index is 202. The van der Waals surface area contributed by atoms with Gasteiger partial charge >= 0.3 is 0 Å². The summed E-state index contributed by atoms with van der Waals surface area (Å²) in [5, 5.41) is 0.822. The van der Waals surface area contributed by atoms with Crippen LogP contribution >= 0.6 is 15.9 Å². The average Bonchev–Trinajstić information content (AvgIpc) is 2.62. The Balaban J connectivity index is 2.61. The standard InChI is InChI=1S/C10H18BrNO2/c1-3-12(7-6-11)9(13)10(2)5-4-8-14-10/h3-8H2,1-2H3.